The van der Waals surface area contributed by atoms with Crippen molar-refractivity contribution in [3.05, 3.63) is 41.8 Å². The predicted octanol–water partition coefficient (Wildman–Crippen LogP) is 2.58. The van der Waals surface area contributed by atoms with Crippen molar-refractivity contribution in [1.29, 1.82) is 0 Å². The lowest BCUT2D eigenvalue weighted by molar-refractivity contribution is 0.106. The molecule has 136 valence electrons. The molecule has 1 aromatic heterocycles. The second kappa shape index (κ2) is 8.87. The van der Waals surface area contributed by atoms with E-state index in [1.54, 1.807) is 0 Å². The molecule has 3 rings (SSSR count). The zero-order valence-corrected chi connectivity index (χ0v) is 15.1. The predicted molar refractivity (Wildman–Crippen MR) is 96.1 cm³/mol. The molecule has 2 heterocycles. The van der Waals surface area contributed by atoms with Gasteiger partial charge in [-0.2, -0.15) is 0 Å². The van der Waals surface area contributed by atoms with E-state index in [-0.39, 0.29) is 0 Å². The van der Waals surface area contributed by atoms with E-state index in [4.69, 9.17) is 14.0 Å². The van der Waals surface area contributed by atoms with Gasteiger partial charge in [0.25, 0.3) is 0 Å². The summed E-state index contributed by atoms with van der Waals surface area (Å²) in [5.41, 5.74) is 0.945. The van der Waals surface area contributed by atoms with Crippen LogP contribution in [0.1, 0.15) is 18.4 Å². The molecular weight excluding hydrogens is 318 g/mol. The van der Waals surface area contributed by atoms with Crippen LogP contribution in [-0.2, 0) is 6.54 Å². The molecule has 0 amide bonds. The topological polar surface area (TPSA) is 51.0 Å². The van der Waals surface area contributed by atoms with Crippen molar-refractivity contribution in [2.75, 3.05) is 45.9 Å². The summed E-state index contributed by atoms with van der Waals surface area (Å²) >= 11 is 0. The van der Waals surface area contributed by atoms with Gasteiger partial charge in [0.2, 0.25) is 0 Å². The molecule has 1 saturated heterocycles. The van der Waals surface area contributed by atoms with Crippen molar-refractivity contribution in [2.45, 2.75) is 20.4 Å². The molecule has 0 N–H and O–H groups in total. The summed E-state index contributed by atoms with van der Waals surface area (Å²) in [6.07, 6.45) is 0. The molecule has 0 unspecified atom stereocenters. The van der Waals surface area contributed by atoms with Crippen LogP contribution in [0.2, 0.25) is 0 Å². The SMILES string of the molecule is CCOc1ccc(OCCN2CCN(Cc3cc(C)no3)CC2)cc1. The molecule has 0 atom stereocenters. The Morgan fingerprint density at radius 3 is 2.24 bits per heavy atom. The molecule has 6 nitrogen and oxygen atoms in total. The van der Waals surface area contributed by atoms with Crippen LogP contribution in [0.4, 0.5) is 0 Å². The summed E-state index contributed by atoms with van der Waals surface area (Å²) in [4.78, 5) is 4.85. The van der Waals surface area contributed by atoms with Crippen LogP contribution in [0.25, 0.3) is 0 Å². The Labute approximate surface area is 149 Å². The van der Waals surface area contributed by atoms with Gasteiger partial charge in [0.1, 0.15) is 18.1 Å². The zero-order valence-electron chi connectivity index (χ0n) is 15.1. The van der Waals surface area contributed by atoms with E-state index in [0.717, 1.165) is 62.2 Å². The third kappa shape index (κ3) is 5.47. The Hall–Kier alpha value is -2.05. The fourth-order valence-electron chi connectivity index (χ4n) is 2.97. The van der Waals surface area contributed by atoms with Crippen molar-refractivity contribution in [3.63, 3.8) is 0 Å². The maximum atomic E-state index is 5.83. The van der Waals surface area contributed by atoms with Gasteiger partial charge < -0.3 is 14.0 Å². The van der Waals surface area contributed by atoms with Gasteiger partial charge in [-0.3, -0.25) is 9.80 Å². The maximum absolute atomic E-state index is 5.83. The average molecular weight is 345 g/mol. The molecule has 1 aliphatic heterocycles. The van der Waals surface area contributed by atoms with E-state index >= 15 is 0 Å². The van der Waals surface area contributed by atoms with E-state index in [0.29, 0.717) is 13.2 Å². The highest BCUT2D eigenvalue weighted by Gasteiger charge is 2.18. The van der Waals surface area contributed by atoms with Gasteiger partial charge in [-0.15, -0.1) is 0 Å². The van der Waals surface area contributed by atoms with Crippen LogP contribution < -0.4 is 9.47 Å². The molecule has 0 radical (unpaired) electrons. The first kappa shape index (κ1) is 17.8. The molecule has 1 aliphatic rings. The first-order valence-electron chi connectivity index (χ1n) is 8.95. The summed E-state index contributed by atoms with van der Waals surface area (Å²) < 4.78 is 16.6. The molecular formula is C19H27N3O3. The molecule has 1 fully saturated rings. The highest BCUT2D eigenvalue weighted by Crippen LogP contribution is 2.17. The Morgan fingerprint density at radius 1 is 1.00 bits per heavy atom. The van der Waals surface area contributed by atoms with Gasteiger partial charge in [0, 0.05) is 38.8 Å². The summed E-state index contributed by atoms with van der Waals surface area (Å²) in [6.45, 7) is 11.3. The summed E-state index contributed by atoms with van der Waals surface area (Å²) in [5.74, 6) is 2.72. The van der Waals surface area contributed by atoms with Gasteiger partial charge in [-0.25, -0.2) is 0 Å². The number of ether oxygens (including phenoxy) is 2. The van der Waals surface area contributed by atoms with Crippen LogP contribution in [0.15, 0.2) is 34.9 Å². The zero-order chi connectivity index (χ0) is 17.5. The second-order valence-electron chi connectivity index (χ2n) is 6.31. The average Bonchev–Trinajstić information content (AvgIpc) is 3.03. The highest BCUT2D eigenvalue weighted by atomic mass is 16.5. The lowest BCUT2D eigenvalue weighted by Crippen LogP contribution is -2.46. The quantitative estimate of drug-likeness (QED) is 0.733. The van der Waals surface area contributed by atoms with Crippen molar-refractivity contribution in [3.8, 4) is 11.5 Å². The molecule has 2 aromatic rings. The minimum absolute atomic E-state index is 0.683. The monoisotopic (exact) mass is 345 g/mol. The first-order chi connectivity index (χ1) is 12.2. The largest absolute Gasteiger partial charge is 0.494 e. The first-order valence-corrected chi connectivity index (χ1v) is 8.95. The number of aromatic nitrogens is 1. The van der Waals surface area contributed by atoms with Crippen LogP contribution in [0.5, 0.6) is 11.5 Å². The van der Waals surface area contributed by atoms with Crippen molar-refractivity contribution < 1.29 is 14.0 Å². The third-order valence-electron chi connectivity index (χ3n) is 4.33. The summed E-state index contributed by atoms with van der Waals surface area (Å²) in [7, 11) is 0. The van der Waals surface area contributed by atoms with Crippen molar-refractivity contribution in [1.82, 2.24) is 15.0 Å². The van der Waals surface area contributed by atoms with Crippen LogP contribution in [0, 0.1) is 6.92 Å². The van der Waals surface area contributed by atoms with E-state index < -0.39 is 0 Å². The van der Waals surface area contributed by atoms with Gasteiger partial charge >= 0.3 is 0 Å². The van der Waals surface area contributed by atoms with E-state index in [1.807, 2.05) is 44.2 Å². The number of benzene rings is 1. The minimum Gasteiger partial charge on any atom is -0.494 e. The number of piperazine rings is 1. The number of hydrogen-bond donors (Lipinski definition) is 0. The van der Waals surface area contributed by atoms with Gasteiger partial charge in [0.05, 0.1) is 18.8 Å². The van der Waals surface area contributed by atoms with Crippen LogP contribution in [0.3, 0.4) is 0 Å². The number of hydrogen-bond acceptors (Lipinski definition) is 6. The number of aryl methyl sites for hydroxylation is 1. The smallest absolute Gasteiger partial charge is 0.150 e. The maximum Gasteiger partial charge on any atom is 0.150 e. The lowest BCUT2D eigenvalue weighted by atomic mass is 10.3. The van der Waals surface area contributed by atoms with E-state index in [1.165, 1.54) is 0 Å². The fourth-order valence-corrected chi connectivity index (χ4v) is 2.97. The highest BCUT2D eigenvalue weighted by molar-refractivity contribution is 5.31. The second-order valence-corrected chi connectivity index (χ2v) is 6.31. The molecule has 25 heavy (non-hydrogen) atoms. The Kier molecular flexibility index (Phi) is 6.30. The Bertz CT molecular complexity index is 634. The Balaban J connectivity index is 1.33. The number of rotatable bonds is 8. The van der Waals surface area contributed by atoms with Gasteiger partial charge in [-0.1, -0.05) is 5.16 Å². The van der Waals surface area contributed by atoms with Crippen LogP contribution >= 0.6 is 0 Å². The lowest BCUT2D eigenvalue weighted by Gasteiger charge is -2.33. The molecule has 6 heteroatoms. The summed E-state index contributed by atoms with van der Waals surface area (Å²) in [6, 6.07) is 9.83. The molecule has 0 spiro atoms. The molecule has 0 bridgehead atoms. The van der Waals surface area contributed by atoms with Gasteiger partial charge in [0.15, 0.2) is 5.76 Å². The minimum atomic E-state index is 0.683. The fraction of sp³-hybridized carbons (Fsp3) is 0.526. The molecule has 1 aromatic carbocycles. The van der Waals surface area contributed by atoms with E-state index in [9.17, 15) is 0 Å². The molecule has 0 aliphatic carbocycles. The van der Waals surface area contributed by atoms with Crippen molar-refractivity contribution >= 4 is 0 Å². The standard InChI is InChI=1S/C19H27N3O3/c1-3-23-17-4-6-18(7-5-17)24-13-12-21-8-10-22(11-9-21)15-19-14-16(2)20-25-19/h4-7,14H,3,8-13,15H2,1-2H3. The Morgan fingerprint density at radius 2 is 1.64 bits per heavy atom. The third-order valence-corrected chi connectivity index (χ3v) is 4.33. The molecule has 0 saturated carbocycles. The number of nitrogens with zero attached hydrogens (tertiary/aromatic N) is 3. The summed E-state index contributed by atoms with van der Waals surface area (Å²) in [5, 5.41) is 3.95. The van der Waals surface area contributed by atoms with Crippen molar-refractivity contribution in [2.24, 2.45) is 0 Å². The van der Waals surface area contributed by atoms with Crippen LogP contribution in [-0.4, -0.2) is 60.9 Å². The van der Waals surface area contributed by atoms with E-state index in [2.05, 4.69) is 15.0 Å². The van der Waals surface area contributed by atoms with Gasteiger partial charge in [-0.05, 0) is 38.1 Å². The normalized spacial score (nSPS) is 16.1.